The van der Waals surface area contributed by atoms with E-state index in [1.807, 2.05) is 48.7 Å². The van der Waals surface area contributed by atoms with Crippen LogP contribution in [0.4, 0.5) is 0 Å². The Morgan fingerprint density at radius 2 is 1.78 bits per heavy atom. The molecule has 2 heterocycles. The van der Waals surface area contributed by atoms with Crippen LogP contribution in [0.1, 0.15) is 61.4 Å². The number of carbonyl (C=O) groups is 2. The van der Waals surface area contributed by atoms with E-state index in [9.17, 15) is 9.59 Å². The number of ether oxygens (including phenoxy) is 3. The fourth-order valence-electron chi connectivity index (χ4n) is 4.90. The van der Waals surface area contributed by atoms with Crippen LogP contribution in [-0.2, 0) is 16.1 Å². The highest BCUT2D eigenvalue weighted by molar-refractivity contribution is 6.17. The van der Waals surface area contributed by atoms with Crippen molar-refractivity contribution in [1.82, 2.24) is 9.88 Å². The van der Waals surface area contributed by atoms with Crippen molar-refractivity contribution >= 4 is 22.6 Å². The van der Waals surface area contributed by atoms with E-state index in [4.69, 9.17) is 14.2 Å². The zero-order valence-electron chi connectivity index (χ0n) is 22.0. The Morgan fingerprint density at radius 1 is 1.03 bits per heavy atom. The first-order valence-electron chi connectivity index (χ1n) is 13.3. The Morgan fingerprint density at radius 3 is 2.51 bits per heavy atom. The minimum absolute atomic E-state index is 0.00491. The van der Waals surface area contributed by atoms with Gasteiger partial charge in [-0.15, -0.1) is 0 Å². The summed E-state index contributed by atoms with van der Waals surface area (Å²) in [4.78, 5) is 24.5. The van der Waals surface area contributed by atoms with E-state index in [1.165, 1.54) is 0 Å². The Labute approximate surface area is 219 Å². The Kier molecular flexibility index (Phi) is 9.60. The number of hydrogen-bond acceptors (Lipinski definition) is 5. The van der Waals surface area contributed by atoms with Crippen LogP contribution in [0.2, 0.25) is 0 Å². The van der Waals surface area contributed by atoms with Crippen LogP contribution in [0.15, 0.2) is 48.7 Å². The lowest BCUT2D eigenvalue weighted by Gasteiger charge is -2.23. The van der Waals surface area contributed by atoms with Gasteiger partial charge in [0.25, 0.3) is 0 Å². The van der Waals surface area contributed by atoms with Gasteiger partial charge >= 0.3 is 0 Å². The van der Waals surface area contributed by atoms with Crippen molar-refractivity contribution in [2.24, 2.45) is 5.92 Å². The maximum atomic E-state index is 13.6. The number of carbonyl (C=O) groups excluding carboxylic acids is 2. The largest absolute Gasteiger partial charge is 0.497 e. The van der Waals surface area contributed by atoms with Gasteiger partial charge in [0.15, 0.2) is 5.78 Å². The molecule has 37 heavy (non-hydrogen) atoms. The number of unbranched alkanes of at least 4 members (excludes halogenated alkanes) is 3. The molecule has 0 spiro atoms. The average molecular weight is 507 g/mol. The van der Waals surface area contributed by atoms with Crippen molar-refractivity contribution in [3.63, 3.8) is 0 Å². The van der Waals surface area contributed by atoms with Crippen molar-refractivity contribution in [3.05, 3.63) is 59.8 Å². The van der Waals surface area contributed by atoms with Gasteiger partial charge in [-0.3, -0.25) is 9.59 Å². The second kappa shape index (κ2) is 13.3. The molecule has 1 amide bonds. The number of rotatable bonds is 13. The number of methoxy groups -OCH3 is 1. The van der Waals surface area contributed by atoms with Crippen LogP contribution in [0.5, 0.6) is 11.5 Å². The molecule has 2 aromatic carbocycles. The fraction of sp³-hybridized carbons (Fsp3) is 0.467. The summed E-state index contributed by atoms with van der Waals surface area (Å²) in [5.74, 6) is 2.06. The lowest BCUT2D eigenvalue weighted by molar-refractivity contribution is -0.118. The van der Waals surface area contributed by atoms with Gasteiger partial charge in [0.1, 0.15) is 11.5 Å². The fourth-order valence-corrected chi connectivity index (χ4v) is 4.90. The van der Waals surface area contributed by atoms with E-state index < -0.39 is 0 Å². The van der Waals surface area contributed by atoms with Crippen molar-refractivity contribution in [2.45, 2.75) is 52.0 Å². The predicted octanol–water partition coefficient (Wildman–Crippen LogP) is 5.38. The lowest BCUT2D eigenvalue weighted by atomic mass is 10.0. The molecular weight excluding hydrogens is 468 g/mol. The Bertz CT molecular complexity index is 1180. The molecule has 0 atom stereocenters. The summed E-state index contributed by atoms with van der Waals surface area (Å²) in [6.07, 6.45) is 8.04. The molecule has 0 aliphatic carbocycles. The van der Waals surface area contributed by atoms with Crippen molar-refractivity contribution in [2.75, 3.05) is 33.5 Å². The number of fused-ring (bicyclic) bond motifs is 1. The summed E-state index contributed by atoms with van der Waals surface area (Å²) in [5.41, 5.74) is 2.31. The molecule has 7 heteroatoms. The Balaban J connectivity index is 1.52. The lowest BCUT2D eigenvalue weighted by Crippen LogP contribution is -2.20. The molecule has 1 aromatic heterocycles. The molecule has 0 saturated carbocycles. The summed E-state index contributed by atoms with van der Waals surface area (Å²) < 4.78 is 19.3. The minimum atomic E-state index is -0.00491. The molecular formula is C30H38N2O5. The number of para-hydroxylation sites is 1. The number of benzene rings is 2. The highest BCUT2D eigenvalue weighted by Gasteiger charge is 2.22. The number of aromatic nitrogens is 1. The molecule has 198 valence electrons. The van der Waals surface area contributed by atoms with E-state index in [0.717, 1.165) is 87.2 Å². The zero-order chi connectivity index (χ0) is 26.0. The highest BCUT2D eigenvalue weighted by Crippen LogP contribution is 2.33. The number of ketones is 1. The maximum absolute atomic E-state index is 13.6. The first-order chi connectivity index (χ1) is 18.1. The van der Waals surface area contributed by atoms with Crippen LogP contribution in [-0.4, -0.2) is 49.7 Å². The van der Waals surface area contributed by atoms with Crippen LogP contribution in [0.25, 0.3) is 10.9 Å². The van der Waals surface area contributed by atoms with E-state index >= 15 is 0 Å². The minimum Gasteiger partial charge on any atom is -0.497 e. The second-order valence-electron chi connectivity index (χ2n) is 9.71. The van der Waals surface area contributed by atoms with Crippen LogP contribution >= 0.6 is 0 Å². The summed E-state index contributed by atoms with van der Waals surface area (Å²) in [7, 11) is 1.62. The molecule has 1 aliphatic rings. The number of hydrogen-bond donors (Lipinski definition) is 1. The van der Waals surface area contributed by atoms with Gasteiger partial charge in [-0.2, -0.15) is 0 Å². The van der Waals surface area contributed by atoms with Gasteiger partial charge in [-0.05, 0) is 61.9 Å². The molecule has 1 N–H and O–H groups in total. The summed E-state index contributed by atoms with van der Waals surface area (Å²) in [6, 6.07) is 13.2. The average Bonchev–Trinajstić information content (AvgIpc) is 3.29. The number of amides is 1. The van der Waals surface area contributed by atoms with Gasteiger partial charge in [0, 0.05) is 55.9 Å². The van der Waals surface area contributed by atoms with Crippen molar-refractivity contribution in [3.8, 4) is 11.5 Å². The normalized spacial score (nSPS) is 14.0. The standard InChI is InChI=1S/C30H38N2O5/c1-22(33)31-16-5-3-4-6-17-37-28-9-7-8-26-27(30(34)24-10-12-25(35-2)13-11-24)21-32(29(26)28)20-23-14-18-36-19-15-23/h7-13,21,23H,3-6,14-20H2,1-2H3,(H,31,33). The topological polar surface area (TPSA) is 78.8 Å². The summed E-state index contributed by atoms with van der Waals surface area (Å²) in [6.45, 7) is 5.28. The third kappa shape index (κ3) is 7.13. The number of nitrogens with zero attached hydrogens (tertiary/aromatic N) is 1. The summed E-state index contributed by atoms with van der Waals surface area (Å²) in [5, 5.41) is 3.75. The second-order valence-corrected chi connectivity index (χ2v) is 9.71. The van der Waals surface area contributed by atoms with Crippen LogP contribution in [0.3, 0.4) is 0 Å². The van der Waals surface area contributed by atoms with Gasteiger partial charge in [0.2, 0.25) is 5.91 Å². The zero-order valence-corrected chi connectivity index (χ0v) is 22.0. The van der Waals surface area contributed by atoms with Gasteiger partial charge in [-0.25, -0.2) is 0 Å². The first-order valence-corrected chi connectivity index (χ1v) is 13.3. The molecule has 4 rings (SSSR count). The molecule has 1 saturated heterocycles. The van der Waals surface area contributed by atoms with E-state index in [1.54, 1.807) is 14.0 Å². The molecule has 1 fully saturated rings. The third-order valence-corrected chi connectivity index (χ3v) is 6.96. The molecule has 7 nitrogen and oxygen atoms in total. The van der Waals surface area contributed by atoms with Gasteiger partial charge < -0.3 is 24.1 Å². The van der Waals surface area contributed by atoms with Crippen molar-refractivity contribution < 1.29 is 23.8 Å². The quantitative estimate of drug-likeness (QED) is 0.249. The molecule has 0 unspecified atom stereocenters. The van der Waals surface area contributed by atoms with Gasteiger partial charge in [0.05, 0.1) is 19.2 Å². The van der Waals surface area contributed by atoms with E-state index in [0.29, 0.717) is 23.7 Å². The molecule has 0 radical (unpaired) electrons. The van der Waals surface area contributed by atoms with Crippen LogP contribution < -0.4 is 14.8 Å². The Hall–Kier alpha value is -3.32. The first kappa shape index (κ1) is 26.7. The monoisotopic (exact) mass is 506 g/mol. The number of nitrogens with one attached hydrogen (secondary N) is 1. The van der Waals surface area contributed by atoms with Crippen molar-refractivity contribution in [1.29, 1.82) is 0 Å². The smallest absolute Gasteiger partial charge is 0.216 e. The molecule has 3 aromatic rings. The van der Waals surface area contributed by atoms with E-state index in [2.05, 4.69) is 9.88 Å². The SMILES string of the molecule is COc1ccc(C(=O)c2cn(CC3CCOCC3)c3c(OCCCCCCNC(C)=O)cccc23)cc1. The van der Waals surface area contributed by atoms with E-state index in [-0.39, 0.29) is 11.7 Å². The maximum Gasteiger partial charge on any atom is 0.216 e. The molecule has 1 aliphatic heterocycles. The molecule has 0 bridgehead atoms. The third-order valence-electron chi connectivity index (χ3n) is 6.96. The summed E-state index contributed by atoms with van der Waals surface area (Å²) >= 11 is 0. The van der Waals surface area contributed by atoms with Gasteiger partial charge in [-0.1, -0.05) is 25.0 Å². The predicted molar refractivity (Wildman–Crippen MR) is 145 cm³/mol. The highest BCUT2D eigenvalue weighted by atomic mass is 16.5. The van der Waals surface area contributed by atoms with Crippen LogP contribution in [0, 0.1) is 5.92 Å².